The van der Waals surface area contributed by atoms with Crippen LogP contribution in [0.15, 0.2) is 36.9 Å². The van der Waals surface area contributed by atoms with Crippen molar-refractivity contribution in [2.45, 2.75) is 19.9 Å². The van der Waals surface area contributed by atoms with Crippen LogP contribution in [0.1, 0.15) is 22.3 Å². The monoisotopic (exact) mass is 288 g/mol. The molecule has 0 unspecified atom stereocenters. The predicted molar refractivity (Wildman–Crippen MR) is 77.0 cm³/mol. The average molecular weight is 288 g/mol. The maximum Gasteiger partial charge on any atom is 0.285 e. The summed E-state index contributed by atoms with van der Waals surface area (Å²) in [6, 6.07) is 4.73. The summed E-state index contributed by atoms with van der Waals surface area (Å²) in [5.41, 5.74) is 0.443. The van der Waals surface area contributed by atoms with Gasteiger partial charge in [0.15, 0.2) is 0 Å². The molecule has 110 valence electrons. The molecule has 1 aromatic heterocycles. The van der Waals surface area contributed by atoms with E-state index in [-0.39, 0.29) is 11.3 Å². The Labute approximate surface area is 121 Å². The van der Waals surface area contributed by atoms with Crippen LogP contribution in [0.5, 0.6) is 0 Å². The summed E-state index contributed by atoms with van der Waals surface area (Å²) in [5, 5.41) is 13.8. The Balaban J connectivity index is 1.94. The van der Waals surface area contributed by atoms with E-state index in [9.17, 15) is 14.9 Å². The number of hydrogen-bond donors (Lipinski definition) is 1. The lowest BCUT2D eigenvalue weighted by molar-refractivity contribution is -0.385. The lowest BCUT2D eigenvalue weighted by Gasteiger charge is -2.07. The number of aromatic nitrogens is 2. The van der Waals surface area contributed by atoms with Gasteiger partial charge in [-0.25, -0.2) is 4.98 Å². The van der Waals surface area contributed by atoms with Crippen LogP contribution in [0.4, 0.5) is 5.69 Å². The molecule has 2 aromatic rings. The van der Waals surface area contributed by atoms with Gasteiger partial charge in [0.05, 0.1) is 11.3 Å². The van der Waals surface area contributed by atoms with Crippen molar-refractivity contribution in [3.8, 4) is 0 Å². The first-order chi connectivity index (χ1) is 10.1. The molecule has 0 spiro atoms. The number of para-hydroxylation sites is 1. The van der Waals surface area contributed by atoms with Crippen molar-refractivity contribution >= 4 is 11.6 Å². The molecule has 7 heteroatoms. The predicted octanol–water partition coefficient (Wildman–Crippen LogP) is 1.92. The summed E-state index contributed by atoms with van der Waals surface area (Å²) in [6.45, 7) is 2.80. The van der Waals surface area contributed by atoms with Gasteiger partial charge in [0.25, 0.3) is 11.6 Å². The lowest BCUT2D eigenvalue weighted by Crippen LogP contribution is -2.26. The topological polar surface area (TPSA) is 90.1 Å². The van der Waals surface area contributed by atoms with Crippen LogP contribution in [0.3, 0.4) is 0 Å². The van der Waals surface area contributed by atoms with E-state index >= 15 is 0 Å². The number of nitro groups is 1. The van der Waals surface area contributed by atoms with Gasteiger partial charge in [-0.3, -0.25) is 14.9 Å². The fourth-order valence-electron chi connectivity index (χ4n) is 2.06. The fourth-order valence-corrected chi connectivity index (χ4v) is 2.06. The molecule has 0 radical (unpaired) electrons. The van der Waals surface area contributed by atoms with E-state index in [1.807, 2.05) is 10.8 Å². The van der Waals surface area contributed by atoms with E-state index in [1.54, 1.807) is 31.6 Å². The smallest absolute Gasteiger partial charge is 0.285 e. The maximum atomic E-state index is 12.0. The van der Waals surface area contributed by atoms with E-state index in [0.29, 0.717) is 12.1 Å². The first-order valence-corrected chi connectivity index (χ1v) is 6.57. The van der Waals surface area contributed by atoms with E-state index in [2.05, 4.69) is 10.3 Å². The van der Waals surface area contributed by atoms with Gasteiger partial charge < -0.3 is 9.88 Å². The first-order valence-electron chi connectivity index (χ1n) is 6.57. The number of aryl methyl sites for hydroxylation is 2. The zero-order chi connectivity index (χ0) is 15.2. The van der Waals surface area contributed by atoms with Gasteiger partial charge in [-0.05, 0) is 19.4 Å². The largest absolute Gasteiger partial charge is 0.352 e. The summed E-state index contributed by atoms with van der Waals surface area (Å²) in [5.74, 6) is -0.420. The molecule has 7 nitrogen and oxygen atoms in total. The van der Waals surface area contributed by atoms with Crippen molar-refractivity contribution < 1.29 is 9.72 Å². The Morgan fingerprint density at radius 3 is 2.95 bits per heavy atom. The molecule has 1 aromatic carbocycles. The quantitative estimate of drug-likeness (QED) is 0.499. The molecular weight excluding hydrogens is 272 g/mol. The highest BCUT2D eigenvalue weighted by Crippen LogP contribution is 2.22. The molecular formula is C14H16N4O3. The molecule has 2 rings (SSSR count). The highest BCUT2D eigenvalue weighted by atomic mass is 16.6. The summed E-state index contributed by atoms with van der Waals surface area (Å²) < 4.78 is 1.90. The number of nitrogens with one attached hydrogen (secondary N) is 1. The van der Waals surface area contributed by atoms with Crippen LogP contribution in [0, 0.1) is 17.0 Å². The fraction of sp³-hybridized carbons (Fsp3) is 0.286. The van der Waals surface area contributed by atoms with Crippen molar-refractivity contribution in [2.24, 2.45) is 0 Å². The highest BCUT2D eigenvalue weighted by Gasteiger charge is 2.21. The Morgan fingerprint density at radius 1 is 1.48 bits per heavy atom. The van der Waals surface area contributed by atoms with Gasteiger partial charge in [-0.15, -0.1) is 0 Å². The maximum absolute atomic E-state index is 12.0. The average Bonchev–Trinajstić information content (AvgIpc) is 2.95. The minimum absolute atomic E-state index is 0.0997. The second-order valence-electron chi connectivity index (χ2n) is 4.64. The van der Waals surface area contributed by atoms with Crippen LogP contribution in [0.25, 0.3) is 0 Å². The number of carbonyl (C=O) groups is 1. The second-order valence-corrected chi connectivity index (χ2v) is 4.64. The summed E-state index contributed by atoms with van der Waals surface area (Å²) in [4.78, 5) is 26.5. The van der Waals surface area contributed by atoms with Crippen molar-refractivity contribution in [1.82, 2.24) is 14.9 Å². The van der Waals surface area contributed by atoms with Crippen LogP contribution in [-0.4, -0.2) is 26.9 Å². The number of nitro benzene ring substituents is 1. The molecule has 0 fully saturated rings. The van der Waals surface area contributed by atoms with Crippen molar-refractivity contribution in [1.29, 1.82) is 0 Å². The molecule has 0 atom stereocenters. The number of amides is 1. The summed E-state index contributed by atoms with van der Waals surface area (Å²) in [6.07, 6.45) is 5.96. The minimum Gasteiger partial charge on any atom is -0.352 e. The van der Waals surface area contributed by atoms with Crippen LogP contribution >= 0.6 is 0 Å². The SMILES string of the molecule is Cc1cccc(C(=O)NCCCn2ccnc2)c1[N+](=O)[O-]. The van der Waals surface area contributed by atoms with Crippen LogP contribution in [0.2, 0.25) is 0 Å². The molecule has 0 saturated carbocycles. The van der Waals surface area contributed by atoms with Crippen molar-refractivity contribution in [3.63, 3.8) is 0 Å². The normalized spacial score (nSPS) is 10.3. The number of imidazole rings is 1. The number of benzene rings is 1. The Hall–Kier alpha value is -2.70. The van der Waals surface area contributed by atoms with E-state index in [1.165, 1.54) is 6.07 Å². The van der Waals surface area contributed by atoms with Crippen LogP contribution < -0.4 is 5.32 Å². The zero-order valence-electron chi connectivity index (χ0n) is 11.7. The summed E-state index contributed by atoms with van der Waals surface area (Å²) in [7, 11) is 0. The molecule has 0 bridgehead atoms. The van der Waals surface area contributed by atoms with Crippen LogP contribution in [-0.2, 0) is 6.54 Å². The standard InChI is InChI=1S/C14H16N4O3/c1-11-4-2-5-12(13(11)18(20)21)14(19)16-6-3-8-17-9-7-15-10-17/h2,4-5,7,9-10H,3,6,8H2,1H3,(H,16,19). The number of hydrogen-bond acceptors (Lipinski definition) is 4. The van der Waals surface area contributed by atoms with Gasteiger partial charge in [-0.2, -0.15) is 0 Å². The third-order valence-corrected chi connectivity index (χ3v) is 3.10. The minimum atomic E-state index is -0.518. The molecule has 1 N–H and O–H groups in total. The molecule has 0 aliphatic carbocycles. The second kappa shape index (κ2) is 6.65. The molecule has 21 heavy (non-hydrogen) atoms. The molecule has 1 amide bonds. The van der Waals surface area contributed by atoms with E-state index in [4.69, 9.17) is 0 Å². The molecule has 0 saturated heterocycles. The zero-order valence-corrected chi connectivity index (χ0v) is 11.7. The van der Waals surface area contributed by atoms with Gasteiger partial charge in [-0.1, -0.05) is 12.1 Å². The van der Waals surface area contributed by atoms with Gasteiger partial charge in [0.2, 0.25) is 0 Å². The molecule has 1 heterocycles. The number of carbonyl (C=O) groups excluding carboxylic acids is 1. The highest BCUT2D eigenvalue weighted by molar-refractivity contribution is 5.98. The Kier molecular flexibility index (Phi) is 4.65. The van der Waals surface area contributed by atoms with Crippen molar-refractivity contribution in [3.05, 3.63) is 58.2 Å². The molecule has 0 aliphatic heterocycles. The van der Waals surface area contributed by atoms with Gasteiger partial charge >= 0.3 is 0 Å². The Bertz CT molecular complexity index is 638. The third-order valence-electron chi connectivity index (χ3n) is 3.10. The number of nitrogens with zero attached hydrogens (tertiary/aromatic N) is 3. The van der Waals surface area contributed by atoms with E-state index in [0.717, 1.165) is 13.0 Å². The van der Waals surface area contributed by atoms with Crippen molar-refractivity contribution in [2.75, 3.05) is 6.54 Å². The number of rotatable bonds is 6. The third kappa shape index (κ3) is 3.65. The first kappa shape index (κ1) is 14.7. The van der Waals surface area contributed by atoms with Gasteiger partial charge in [0, 0.05) is 31.0 Å². The molecule has 0 aliphatic rings. The summed E-state index contributed by atoms with van der Waals surface area (Å²) >= 11 is 0. The Morgan fingerprint density at radius 2 is 2.29 bits per heavy atom. The van der Waals surface area contributed by atoms with E-state index < -0.39 is 10.8 Å². The lowest BCUT2D eigenvalue weighted by atomic mass is 10.1. The van der Waals surface area contributed by atoms with Gasteiger partial charge in [0.1, 0.15) is 5.56 Å².